The molecule has 3 heterocycles. The maximum absolute atomic E-state index is 14.0. The molecule has 0 spiro atoms. The van der Waals surface area contributed by atoms with Crippen molar-refractivity contribution in [1.82, 2.24) is 9.88 Å². The molecule has 176 valence electrons. The normalized spacial score (nSPS) is 15.2. The monoisotopic (exact) mass is 478 g/mol. The maximum atomic E-state index is 14.0. The molecule has 0 bridgehead atoms. The molecule has 1 saturated heterocycles. The number of aromatic nitrogens is 1. The van der Waals surface area contributed by atoms with E-state index in [1.165, 1.54) is 12.1 Å². The molecule has 1 aromatic carbocycles. The Bertz CT molecular complexity index is 1170. The third-order valence-corrected chi connectivity index (χ3v) is 5.78. The summed E-state index contributed by atoms with van der Waals surface area (Å²) >= 11 is 6.11. The number of furan rings is 1. The largest absolute Gasteiger partial charge is 0.487 e. The Morgan fingerprint density at radius 2 is 1.97 bits per heavy atom. The molecule has 4 rings (SSSR count). The van der Waals surface area contributed by atoms with Gasteiger partial charge in [-0.2, -0.15) is 4.39 Å². The quantitative estimate of drug-likeness (QED) is 0.431. The molecule has 1 aliphatic heterocycles. The zero-order chi connectivity index (χ0) is 23.8. The molecule has 3 aromatic rings. The number of likely N-dealkylation sites (tertiary alicyclic amines) is 1. The number of hydrogen-bond acceptors (Lipinski definition) is 5. The fourth-order valence-electron chi connectivity index (χ4n) is 3.90. The summed E-state index contributed by atoms with van der Waals surface area (Å²) in [7, 11) is 0. The molecule has 1 amide bonds. The number of hydrogen-bond donors (Lipinski definition) is 0. The minimum absolute atomic E-state index is 0.00872. The number of fused-ring (bicyclic) bond motifs is 1. The topological polar surface area (TPSA) is 64.8 Å². The predicted molar refractivity (Wildman–Crippen MR) is 119 cm³/mol. The zero-order valence-electron chi connectivity index (χ0n) is 18.7. The lowest BCUT2D eigenvalue weighted by Crippen LogP contribution is -2.41. The highest BCUT2D eigenvalue weighted by Gasteiger charge is 2.29. The van der Waals surface area contributed by atoms with Gasteiger partial charge in [0.15, 0.2) is 0 Å². The van der Waals surface area contributed by atoms with Crippen LogP contribution in [-0.4, -0.2) is 34.7 Å². The van der Waals surface area contributed by atoms with Gasteiger partial charge in [0.25, 0.3) is 6.01 Å². The van der Waals surface area contributed by atoms with Crippen LogP contribution < -0.4 is 4.74 Å². The average Bonchev–Trinajstić information content (AvgIpc) is 3.15. The highest BCUT2D eigenvalue weighted by atomic mass is 35.5. The molecule has 0 aliphatic carbocycles. The van der Waals surface area contributed by atoms with Crippen LogP contribution >= 0.6 is 11.6 Å². The van der Waals surface area contributed by atoms with Gasteiger partial charge in [0.1, 0.15) is 29.4 Å². The minimum Gasteiger partial charge on any atom is -0.487 e. The Labute approximate surface area is 195 Å². The summed E-state index contributed by atoms with van der Waals surface area (Å²) in [4.78, 5) is 18.3. The van der Waals surface area contributed by atoms with Crippen LogP contribution in [0.4, 0.5) is 13.6 Å². The van der Waals surface area contributed by atoms with Crippen LogP contribution in [0.15, 0.2) is 34.9 Å². The van der Waals surface area contributed by atoms with E-state index in [1.54, 1.807) is 17.0 Å². The number of benzene rings is 1. The summed E-state index contributed by atoms with van der Waals surface area (Å²) in [5, 5.41) is 0.814. The highest BCUT2D eigenvalue weighted by Crippen LogP contribution is 2.35. The summed E-state index contributed by atoms with van der Waals surface area (Å²) < 4.78 is 44.1. The van der Waals surface area contributed by atoms with E-state index in [0.29, 0.717) is 53.3 Å². The second-order valence-corrected chi connectivity index (χ2v) is 9.47. The molecule has 1 fully saturated rings. The van der Waals surface area contributed by atoms with Gasteiger partial charge in [-0.05, 0) is 39.7 Å². The number of halogens is 3. The van der Waals surface area contributed by atoms with Gasteiger partial charge in [0.2, 0.25) is 0 Å². The Morgan fingerprint density at radius 3 is 2.67 bits per heavy atom. The molecular weight excluding hydrogens is 454 g/mol. The van der Waals surface area contributed by atoms with E-state index in [0.717, 1.165) is 6.20 Å². The summed E-state index contributed by atoms with van der Waals surface area (Å²) in [6.45, 7) is 6.51. The SMILES string of the molecule is CC(C)(C)OC(=O)N1CCC(c2ncc(F)cc2OCc2ccc(Cl)c3cc(F)oc23)CC1. The first-order valence-electron chi connectivity index (χ1n) is 10.7. The van der Waals surface area contributed by atoms with Crippen LogP contribution in [0.1, 0.15) is 50.8 Å². The van der Waals surface area contributed by atoms with Crippen LogP contribution in [0.25, 0.3) is 11.0 Å². The molecule has 33 heavy (non-hydrogen) atoms. The van der Waals surface area contributed by atoms with Crippen LogP contribution in [0, 0.1) is 11.8 Å². The van der Waals surface area contributed by atoms with Crippen molar-refractivity contribution in [2.75, 3.05) is 13.1 Å². The number of rotatable bonds is 4. The standard InChI is InChI=1S/C24H25ClF2N2O4/c1-24(2,3)33-23(30)29-8-6-14(7-9-29)21-19(10-16(26)12-28-21)31-13-15-4-5-18(25)17-11-20(27)32-22(15)17/h4-5,10-12,14H,6-9,13H2,1-3H3. The van der Waals surface area contributed by atoms with Gasteiger partial charge in [-0.1, -0.05) is 17.7 Å². The van der Waals surface area contributed by atoms with Crippen LogP contribution in [0.2, 0.25) is 5.02 Å². The molecule has 0 saturated carbocycles. The average molecular weight is 479 g/mol. The second-order valence-electron chi connectivity index (χ2n) is 9.07. The minimum atomic E-state index is -0.746. The summed E-state index contributed by atoms with van der Waals surface area (Å²) in [5.41, 5.74) is 0.929. The van der Waals surface area contributed by atoms with E-state index in [9.17, 15) is 13.6 Å². The maximum Gasteiger partial charge on any atom is 0.410 e. The van der Waals surface area contributed by atoms with Crippen LogP contribution in [-0.2, 0) is 11.3 Å². The summed E-state index contributed by atoms with van der Waals surface area (Å²) in [6.07, 6.45) is 2.10. The zero-order valence-corrected chi connectivity index (χ0v) is 19.4. The number of pyridine rings is 1. The lowest BCUT2D eigenvalue weighted by molar-refractivity contribution is 0.0203. The number of carbonyl (C=O) groups is 1. The lowest BCUT2D eigenvalue weighted by atomic mass is 9.92. The number of piperidine rings is 1. The van der Waals surface area contributed by atoms with Crippen molar-refractivity contribution in [1.29, 1.82) is 0 Å². The second kappa shape index (κ2) is 9.17. The van der Waals surface area contributed by atoms with Gasteiger partial charge in [-0.25, -0.2) is 9.18 Å². The summed E-state index contributed by atoms with van der Waals surface area (Å²) in [6, 6.07) is 5.07. The first kappa shape index (κ1) is 23.3. The van der Waals surface area contributed by atoms with Crippen molar-refractivity contribution in [3.05, 3.63) is 58.6 Å². The van der Waals surface area contributed by atoms with E-state index in [2.05, 4.69) is 4.98 Å². The number of ether oxygens (including phenoxy) is 2. The highest BCUT2D eigenvalue weighted by molar-refractivity contribution is 6.35. The van der Waals surface area contributed by atoms with Crippen molar-refractivity contribution in [3.8, 4) is 5.75 Å². The van der Waals surface area contributed by atoms with Gasteiger partial charge < -0.3 is 18.8 Å². The predicted octanol–water partition coefficient (Wildman–Crippen LogP) is 6.45. The van der Waals surface area contributed by atoms with E-state index in [1.807, 2.05) is 20.8 Å². The third kappa shape index (κ3) is 5.38. The number of carbonyl (C=O) groups excluding carboxylic acids is 1. The van der Waals surface area contributed by atoms with Crippen LogP contribution in [0.5, 0.6) is 5.75 Å². The Hall–Kier alpha value is -2.87. The molecule has 2 aromatic heterocycles. The Morgan fingerprint density at radius 1 is 1.24 bits per heavy atom. The van der Waals surface area contributed by atoms with E-state index >= 15 is 0 Å². The third-order valence-electron chi connectivity index (χ3n) is 5.45. The fourth-order valence-corrected chi connectivity index (χ4v) is 4.10. The molecule has 0 N–H and O–H groups in total. The van der Waals surface area contributed by atoms with Gasteiger partial charge in [0.05, 0.1) is 16.9 Å². The molecule has 9 heteroatoms. The van der Waals surface area contributed by atoms with Gasteiger partial charge in [-0.3, -0.25) is 4.98 Å². The van der Waals surface area contributed by atoms with E-state index in [-0.39, 0.29) is 24.2 Å². The van der Waals surface area contributed by atoms with Crippen molar-refractivity contribution >= 4 is 28.7 Å². The molecular formula is C24H25ClF2N2O4. The first-order valence-corrected chi connectivity index (χ1v) is 11.1. The summed E-state index contributed by atoms with van der Waals surface area (Å²) in [5.74, 6) is -0.225. The van der Waals surface area contributed by atoms with Crippen molar-refractivity contribution < 1.29 is 27.5 Å². The molecule has 0 unspecified atom stereocenters. The smallest absolute Gasteiger partial charge is 0.410 e. The molecule has 1 aliphatic rings. The van der Waals surface area contributed by atoms with E-state index in [4.69, 9.17) is 25.5 Å². The van der Waals surface area contributed by atoms with Crippen LogP contribution in [0.3, 0.4) is 0 Å². The molecule has 0 atom stereocenters. The van der Waals surface area contributed by atoms with E-state index < -0.39 is 17.4 Å². The first-order chi connectivity index (χ1) is 15.6. The lowest BCUT2D eigenvalue weighted by Gasteiger charge is -2.33. The fraction of sp³-hybridized carbons (Fsp3) is 0.417. The Kier molecular flexibility index (Phi) is 6.47. The van der Waals surface area contributed by atoms with Gasteiger partial charge >= 0.3 is 6.09 Å². The Balaban J connectivity index is 1.48. The van der Waals surface area contributed by atoms with Crippen molar-refractivity contribution in [2.45, 2.75) is 51.7 Å². The molecule has 6 nitrogen and oxygen atoms in total. The van der Waals surface area contributed by atoms with Crippen molar-refractivity contribution in [3.63, 3.8) is 0 Å². The van der Waals surface area contributed by atoms with Gasteiger partial charge in [-0.15, -0.1) is 0 Å². The number of nitrogens with zero attached hydrogens (tertiary/aromatic N) is 2. The van der Waals surface area contributed by atoms with Gasteiger partial charge in [0, 0.05) is 42.1 Å². The van der Waals surface area contributed by atoms with Crippen molar-refractivity contribution in [2.24, 2.45) is 0 Å². The number of amides is 1. The molecule has 0 radical (unpaired) electrons.